The van der Waals surface area contributed by atoms with Crippen molar-refractivity contribution in [1.82, 2.24) is 0 Å². The van der Waals surface area contributed by atoms with E-state index in [1.165, 1.54) is 21.2 Å². The van der Waals surface area contributed by atoms with Crippen molar-refractivity contribution in [3.05, 3.63) is 53.1 Å². The van der Waals surface area contributed by atoms with Gasteiger partial charge < -0.3 is 5.11 Å². The smallest absolute Gasteiger partial charge is 0.118 e. The molecule has 0 aromatic heterocycles. The summed E-state index contributed by atoms with van der Waals surface area (Å²) in [6.07, 6.45) is 0.875. The van der Waals surface area contributed by atoms with Gasteiger partial charge in [0.05, 0.1) is 9.52 Å². The molecule has 3 heteroatoms. The van der Waals surface area contributed by atoms with Gasteiger partial charge in [-0.15, -0.1) is 11.8 Å². The highest BCUT2D eigenvalue weighted by Crippen LogP contribution is 2.25. The maximum atomic E-state index is 9.70. The number of hydrogen-bond acceptors (Lipinski definition) is 2. The number of benzene rings is 2. The van der Waals surface area contributed by atoms with E-state index < -0.39 is 0 Å². The van der Waals surface area contributed by atoms with Crippen LogP contribution in [0.5, 0.6) is 5.75 Å². The second-order valence-electron chi connectivity index (χ2n) is 4.86. The number of hydrogen-bond donors (Lipinski definition) is 1. The van der Waals surface area contributed by atoms with E-state index in [2.05, 4.69) is 45.0 Å². The van der Waals surface area contributed by atoms with Gasteiger partial charge >= 0.3 is 0 Å². The molecule has 104 valence electrons. The Hall–Kier alpha value is -1.19. The van der Waals surface area contributed by atoms with E-state index >= 15 is 0 Å². The summed E-state index contributed by atoms with van der Waals surface area (Å²) in [7, 11) is 0.820. The first-order valence-corrected chi connectivity index (χ1v) is 9.06. The summed E-state index contributed by atoms with van der Waals surface area (Å²) in [6.45, 7) is 6.45. The first kappa shape index (κ1) is 15.2. The number of phenols is 1. The van der Waals surface area contributed by atoms with Crippen molar-refractivity contribution in [2.24, 2.45) is 0 Å². The summed E-state index contributed by atoms with van der Waals surface area (Å²) in [5, 5.41) is 12.3. The lowest BCUT2D eigenvalue weighted by Crippen LogP contribution is -2.20. The monoisotopic (exact) mass is 300 g/mol. The fourth-order valence-corrected chi connectivity index (χ4v) is 4.72. The molecule has 0 bridgehead atoms. The largest absolute Gasteiger partial charge is 0.508 e. The maximum Gasteiger partial charge on any atom is 0.118 e. The third kappa shape index (κ3) is 3.67. The molecule has 0 spiro atoms. The van der Waals surface area contributed by atoms with Gasteiger partial charge in [0, 0.05) is 4.90 Å². The molecule has 2 radical (unpaired) electrons. The van der Waals surface area contributed by atoms with Crippen LogP contribution in [0.15, 0.2) is 41.3 Å². The van der Waals surface area contributed by atoms with Crippen LogP contribution in [0.3, 0.4) is 0 Å². The van der Waals surface area contributed by atoms with Gasteiger partial charge in [0.1, 0.15) is 5.75 Å². The fourth-order valence-electron chi connectivity index (χ4n) is 2.07. The minimum absolute atomic E-state index is 0.411. The lowest BCUT2D eigenvalue weighted by molar-refractivity contribution is 0.468. The minimum atomic E-state index is 0.411. The van der Waals surface area contributed by atoms with Gasteiger partial charge in [-0.3, -0.25) is 0 Å². The van der Waals surface area contributed by atoms with E-state index in [1.54, 1.807) is 0 Å². The molecule has 0 aliphatic carbocycles. The number of aryl methyl sites for hydroxylation is 2. The molecule has 0 saturated carbocycles. The molecule has 0 atom stereocenters. The SMILES string of the molecule is CCc1cc(SC[Si]c2cccc(C)c2C)ccc1O. The molecule has 2 aromatic rings. The molecule has 1 N–H and O–H groups in total. The first-order valence-electron chi connectivity index (χ1n) is 6.86. The Bertz CT molecular complexity index is 596. The van der Waals surface area contributed by atoms with Gasteiger partial charge in [-0.25, -0.2) is 0 Å². The zero-order chi connectivity index (χ0) is 14.5. The van der Waals surface area contributed by atoms with Gasteiger partial charge in [-0.1, -0.05) is 30.3 Å². The molecule has 1 nitrogen and oxygen atoms in total. The number of rotatable bonds is 5. The normalized spacial score (nSPS) is 10.8. The van der Waals surface area contributed by atoms with E-state index in [9.17, 15) is 5.11 Å². The number of phenolic OH excluding ortho intramolecular Hbond substituents is 1. The molecule has 0 unspecified atom stereocenters. The lowest BCUT2D eigenvalue weighted by atomic mass is 10.1. The van der Waals surface area contributed by atoms with E-state index in [-0.39, 0.29) is 0 Å². The highest BCUT2D eigenvalue weighted by Gasteiger charge is 2.04. The average Bonchev–Trinajstić information content (AvgIpc) is 2.45. The van der Waals surface area contributed by atoms with Gasteiger partial charge in [0.15, 0.2) is 0 Å². The first-order chi connectivity index (χ1) is 9.61. The van der Waals surface area contributed by atoms with Crippen LogP contribution in [0.2, 0.25) is 0 Å². The molecule has 0 aliphatic rings. The Balaban J connectivity index is 1.98. The van der Waals surface area contributed by atoms with Crippen LogP contribution in [0.1, 0.15) is 23.6 Å². The zero-order valence-electron chi connectivity index (χ0n) is 12.2. The summed E-state index contributed by atoms with van der Waals surface area (Å²) in [6, 6.07) is 12.5. The van der Waals surface area contributed by atoms with Crippen molar-refractivity contribution >= 4 is 26.5 Å². The Morgan fingerprint density at radius 3 is 2.70 bits per heavy atom. The summed E-state index contributed by atoms with van der Waals surface area (Å²) in [5.41, 5.74) is 3.83. The van der Waals surface area contributed by atoms with Gasteiger partial charge in [-0.2, -0.15) is 0 Å². The molecule has 20 heavy (non-hydrogen) atoms. The molecule has 0 heterocycles. The molecular formula is C17H20OSSi. The zero-order valence-corrected chi connectivity index (χ0v) is 14.1. The van der Waals surface area contributed by atoms with Crippen LogP contribution < -0.4 is 5.19 Å². The van der Waals surface area contributed by atoms with Crippen LogP contribution in [0.4, 0.5) is 0 Å². The lowest BCUT2D eigenvalue weighted by Gasteiger charge is -2.08. The van der Waals surface area contributed by atoms with Crippen LogP contribution in [-0.2, 0) is 6.42 Å². The number of aromatic hydroxyl groups is 1. The molecular weight excluding hydrogens is 280 g/mol. The topological polar surface area (TPSA) is 20.2 Å². The highest BCUT2D eigenvalue weighted by molar-refractivity contribution is 8.00. The Kier molecular flexibility index (Phi) is 5.32. The maximum absolute atomic E-state index is 9.70. The van der Waals surface area contributed by atoms with E-state index in [0.717, 1.165) is 26.9 Å². The van der Waals surface area contributed by atoms with Crippen LogP contribution in [0, 0.1) is 13.8 Å². The van der Waals surface area contributed by atoms with E-state index in [4.69, 9.17) is 0 Å². The Morgan fingerprint density at radius 2 is 1.95 bits per heavy atom. The van der Waals surface area contributed by atoms with Crippen molar-refractivity contribution < 1.29 is 5.11 Å². The van der Waals surface area contributed by atoms with Gasteiger partial charge in [0.2, 0.25) is 0 Å². The quantitative estimate of drug-likeness (QED) is 0.672. The molecule has 0 amide bonds. The third-order valence-corrected chi connectivity index (χ3v) is 6.20. The van der Waals surface area contributed by atoms with Crippen LogP contribution in [-0.4, -0.2) is 20.0 Å². The van der Waals surface area contributed by atoms with Crippen LogP contribution in [0.25, 0.3) is 0 Å². The van der Waals surface area contributed by atoms with Crippen LogP contribution >= 0.6 is 11.8 Å². The van der Waals surface area contributed by atoms with E-state index in [1.807, 2.05) is 23.9 Å². The van der Waals surface area contributed by atoms with Crippen molar-refractivity contribution in [2.45, 2.75) is 32.1 Å². The van der Waals surface area contributed by atoms with Crippen molar-refractivity contribution in [2.75, 3.05) is 5.38 Å². The molecule has 0 saturated heterocycles. The Morgan fingerprint density at radius 1 is 1.15 bits per heavy atom. The summed E-state index contributed by atoms with van der Waals surface area (Å²) in [4.78, 5) is 1.25. The second kappa shape index (κ2) is 7.00. The van der Waals surface area contributed by atoms with Crippen molar-refractivity contribution in [3.63, 3.8) is 0 Å². The minimum Gasteiger partial charge on any atom is -0.508 e. The summed E-state index contributed by atoms with van der Waals surface area (Å²) >= 11 is 1.87. The number of thioether (sulfide) groups is 1. The standard InChI is InChI=1S/C17H20OSSi/c1-4-14-10-15(8-9-16(14)18)19-11-20-17-7-5-6-12(2)13(17)3/h5-10,18H,4,11H2,1-3H3. The van der Waals surface area contributed by atoms with Gasteiger partial charge in [0.25, 0.3) is 0 Å². The second-order valence-corrected chi connectivity index (χ2v) is 7.66. The summed E-state index contributed by atoms with van der Waals surface area (Å²) in [5.74, 6) is 0.411. The molecule has 0 fully saturated rings. The molecule has 2 rings (SSSR count). The summed E-state index contributed by atoms with van der Waals surface area (Å²) < 4.78 is 0. The molecule has 0 aliphatic heterocycles. The average molecular weight is 300 g/mol. The van der Waals surface area contributed by atoms with Crippen molar-refractivity contribution in [3.8, 4) is 5.75 Å². The van der Waals surface area contributed by atoms with Crippen molar-refractivity contribution in [1.29, 1.82) is 0 Å². The Labute approximate surface area is 128 Å². The van der Waals surface area contributed by atoms with Gasteiger partial charge in [-0.05, 0) is 60.5 Å². The predicted octanol–water partition coefficient (Wildman–Crippen LogP) is 3.65. The third-order valence-electron chi connectivity index (χ3n) is 3.54. The van der Waals surface area contributed by atoms with E-state index in [0.29, 0.717) is 5.75 Å². The highest BCUT2D eigenvalue weighted by atomic mass is 32.2. The fraction of sp³-hybridized carbons (Fsp3) is 0.294. The molecule has 2 aromatic carbocycles. The predicted molar refractivity (Wildman–Crippen MR) is 89.5 cm³/mol.